The number of hydrogen-bond acceptors (Lipinski definition) is 5. The Morgan fingerprint density at radius 1 is 1.65 bits per heavy atom. The van der Waals surface area contributed by atoms with E-state index in [0.29, 0.717) is 12.2 Å². The normalized spacial score (nSPS) is 13.6. The monoisotopic (exact) mass is 319 g/mol. The van der Waals surface area contributed by atoms with Crippen LogP contribution in [0.1, 0.15) is 23.7 Å². The zero-order valence-electron chi connectivity index (χ0n) is 11.0. The lowest BCUT2D eigenvalue weighted by atomic mass is 10.2. The molecule has 1 aromatic rings. The van der Waals surface area contributed by atoms with Crippen molar-refractivity contribution in [3.8, 4) is 0 Å². The summed E-state index contributed by atoms with van der Waals surface area (Å²) < 4.78 is 11.0. The van der Waals surface area contributed by atoms with E-state index in [1.54, 1.807) is 13.2 Å². The van der Waals surface area contributed by atoms with Crippen LogP contribution in [0.15, 0.2) is 12.3 Å². The molecule has 0 spiro atoms. The molecule has 1 heterocycles. The molecular formula is C11H14ClN3O4S. The van der Waals surface area contributed by atoms with Crippen molar-refractivity contribution in [3.05, 3.63) is 33.1 Å². The first-order valence-electron chi connectivity index (χ1n) is 5.72. The van der Waals surface area contributed by atoms with Gasteiger partial charge in [0.25, 0.3) is 5.91 Å². The molecule has 1 amide bonds. The SMILES string of the molecule is CC(CCS(C)=O)NC(=O)c1ccnc(Cl)c1[N+](=O)[O-]. The number of nitrogens with one attached hydrogen (secondary N) is 1. The Kier molecular flexibility index (Phi) is 6.03. The third-order valence-electron chi connectivity index (χ3n) is 2.52. The van der Waals surface area contributed by atoms with Crippen LogP contribution < -0.4 is 5.32 Å². The number of pyridine rings is 1. The number of aromatic nitrogens is 1. The molecule has 0 aliphatic rings. The second kappa shape index (κ2) is 7.30. The molecule has 0 fully saturated rings. The van der Waals surface area contributed by atoms with Gasteiger partial charge >= 0.3 is 5.69 Å². The van der Waals surface area contributed by atoms with Crippen molar-refractivity contribution in [1.29, 1.82) is 0 Å². The molecular weight excluding hydrogens is 306 g/mol. The maximum absolute atomic E-state index is 12.0. The van der Waals surface area contributed by atoms with E-state index < -0.39 is 27.3 Å². The van der Waals surface area contributed by atoms with E-state index in [1.807, 2.05) is 0 Å². The summed E-state index contributed by atoms with van der Waals surface area (Å²) >= 11 is 5.63. The van der Waals surface area contributed by atoms with Gasteiger partial charge in [0.2, 0.25) is 5.15 Å². The summed E-state index contributed by atoms with van der Waals surface area (Å²) in [6.07, 6.45) is 3.32. The second-order valence-corrected chi connectivity index (χ2v) is 6.11. The maximum atomic E-state index is 12.0. The summed E-state index contributed by atoms with van der Waals surface area (Å²) in [6, 6.07) is 0.988. The third-order valence-corrected chi connectivity index (χ3v) is 3.61. The Hall–Kier alpha value is -1.54. The van der Waals surface area contributed by atoms with Crippen molar-refractivity contribution in [3.63, 3.8) is 0 Å². The topological polar surface area (TPSA) is 102 Å². The Morgan fingerprint density at radius 3 is 2.85 bits per heavy atom. The van der Waals surface area contributed by atoms with Gasteiger partial charge in [-0.2, -0.15) is 0 Å². The second-order valence-electron chi connectivity index (χ2n) is 4.20. The van der Waals surface area contributed by atoms with E-state index in [2.05, 4.69) is 10.3 Å². The van der Waals surface area contributed by atoms with Gasteiger partial charge in [0.1, 0.15) is 5.56 Å². The molecule has 9 heteroatoms. The van der Waals surface area contributed by atoms with Crippen LogP contribution in [0.25, 0.3) is 0 Å². The molecule has 0 saturated carbocycles. The minimum atomic E-state index is -0.951. The van der Waals surface area contributed by atoms with E-state index in [4.69, 9.17) is 11.6 Å². The molecule has 1 N–H and O–H groups in total. The lowest BCUT2D eigenvalue weighted by Gasteiger charge is -2.13. The van der Waals surface area contributed by atoms with E-state index in [9.17, 15) is 19.1 Å². The number of amides is 1. The lowest BCUT2D eigenvalue weighted by Crippen LogP contribution is -2.34. The molecule has 20 heavy (non-hydrogen) atoms. The Labute approximate surface area is 123 Å². The number of nitrogens with zero attached hydrogens (tertiary/aromatic N) is 2. The predicted molar refractivity (Wildman–Crippen MR) is 76.4 cm³/mol. The van der Waals surface area contributed by atoms with Crippen LogP contribution in [0.4, 0.5) is 5.69 Å². The summed E-state index contributed by atoms with van der Waals surface area (Å²) in [7, 11) is -0.951. The predicted octanol–water partition coefficient (Wildman–Crippen LogP) is 1.53. The molecule has 1 rings (SSSR count). The molecule has 0 saturated heterocycles. The van der Waals surface area contributed by atoms with Crippen LogP contribution in [-0.2, 0) is 10.8 Å². The van der Waals surface area contributed by atoms with Crippen molar-refractivity contribution < 1.29 is 13.9 Å². The van der Waals surface area contributed by atoms with Gasteiger partial charge < -0.3 is 5.32 Å². The van der Waals surface area contributed by atoms with Crippen LogP contribution in [0.5, 0.6) is 0 Å². The summed E-state index contributed by atoms with van der Waals surface area (Å²) in [5, 5.41) is 13.2. The molecule has 7 nitrogen and oxygen atoms in total. The molecule has 0 radical (unpaired) electrons. The van der Waals surface area contributed by atoms with Crippen LogP contribution in [-0.4, -0.2) is 38.1 Å². The van der Waals surface area contributed by atoms with E-state index in [-0.39, 0.29) is 16.8 Å². The highest BCUT2D eigenvalue weighted by Gasteiger charge is 2.25. The average Bonchev–Trinajstić information content (AvgIpc) is 2.35. The van der Waals surface area contributed by atoms with Gasteiger partial charge in [-0.1, -0.05) is 11.6 Å². The van der Waals surface area contributed by atoms with Gasteiger partial charge in [-0.25, -0.2) is 4.98 Å². The number of nitro groups is 1. The molecule has 0 aromatic carbocycles. The number of hydrogen-bond donors (Lipinski definition) is 1. The van der Waals surface area contributed by atoms with E-state index in [1.165, 1.54) is 12.3 Å². The van der Waals surface area contributed by atoms with Gasteiger partial charge in [-0.05, 0) is 19.4 Å². The van der Waals surface area contributed by atoms with Crippen LogP contribution >= 0.6 is 11.6 Å². The van der Waals surface area contributed by atoms with Crippen LogP contribution in [0.3, 0.4) is 0 Å². The van der Waals surface area contributed by atoms with Gasteiger partial charge in [0, 0.05) is 35.0 Å². The average molecular weight is 320 g/mol. The molecule has 110 valence electrons. The summed E-state index contributed by atoms with van der Waals surface area (Å²) in [4.78, 5) is 25.8. The number of carbonyl (C=O) groups excluding carboxylic acids is 1. The Bertz CT molecular complexity index is 552. The van der Waals surface area contributed by atoms with Crippen molar-refractivity contribution in [2.45, 2.75) is 19.4 Å². The quantitative estimate of drug-likeness (QED) is 0.486. The molecule has 0 bridgehead atoms. The van der Waals surface area contributed by atoms with Gasteiger partial charge in [0.05, 0.1) is 4.92 Å². The highest BCUT2D eigenvalue weighted by Crippen LogP contribution is 2.25. The van der Waals surface area contributed by atoms with Gasteiger partial charge in [-0.15, -0.1) is 0 Å². The van der Waals surface area contributed by atoms with Crippen LogP contribution in [0.2, 0.25) is 5.15 Å². The Morgan fingerprint density at radius 2 is 2.30 bits per heavy atom. The first-order chi connectivity index (χ1) is 9.32. The lowest BCUT2D eigenvalue weighted by molar-refractivity contribution is -0.385. The highest BCUT2D eigenvalue weighted by atomic mass is 35.5. The van der Waals surface area contributed by atoms with Crippen LogP contribution in [0, 0.1) is 10.1 Å². The summed E-state index contributed by atoms with van der Waals surface area (Å²) in [5.41, 5.74) is -0.655. The summed E-state index contributed by atoms with van der Waals surface area (Å²) in [6.45, 7) is 1.74. The van der Waals surface area contributed by atoms with Crippen molar-refractivity contribution in [1.82, 2.24) is 10.3 Å². The smallest absolute Gasteiger partial charge is 0.319 e. The van der Waals surface area contributed by atoms with E-state index in [0.717, 1.165) is 0 Å². The minimum absolute atomic E-state index is 0.139. The zero-order valence-corrected chi connectivity index (χ0v) is 12.5. The number of carbonyl (C=O) groups is 1. The highest BCUT2D eigenvalue weighted by molar-refractivity contribution is 7.84. The van der Waals surface area contributed by atoms with Crippen molar-refractivity contribution in [2.75, 3.05) is 12.0 Å². The minimum Gasteiger partial charge on any atom is -0.349 e. The molecule has 0 aliphatic heterocycles. The standard InChI is InChI=1S/C11H14ClN3O4S/c1-7(4-6-20(2)19)14-11(16)8-3-5-13-10(12)9(8)15(17)18/h3,5,7H,4,6H2,1-2H3,(H,14,16). The Balaban J connectivity index is 2.85. The zero-order chi connectivity index (χ0) is 15.3. The van der Waals surface area contributed by atoms with Crippen molar-refractivity contribution >= 4 is 34.0 Å². The fraction of sp³-hybridized carbons (Fsp3) is 0.455. The summed E-state index contributed by atoms with van der Waals surface area (Å²) in [5.74, 6) is -0.156. The van der Waals surface area contributed by atoms with Gasteiger partial charge in [0.15, 0.2) is 0 Å². The third kappa shape index (κ3) is 4.53. The van der Waals surface area contributed by atoms with Crippen molar-refractivity contribution in [2.24, 2.45) is 0 Å². The molecule has 1 aromatic heterocycles. The first-order valence-corrected chi connectivity index (χ1v) is 7.83. The first kappa shape index (κ1) is 16.5. The van der Waals surface area contributed by atoms with Gasteiger partial charge in [-0.3, -0.25) is 19.1 Å². The molecule has 2 atom stereocenters. The van der Waals surface area contributed by atoms with E-state index >= 15 is 0 Å². The maximum Gasteiger partial charge on any atom is 0.319 e. The molecule has 0 aliphatic carbocycles. The number of rotatable bonds is 6. The molecule has 2 unspecified atom stereocenters. The number of halogens is 1. The fourth-order valence-corrected chi connectivity index (χ4v) is 2.41. The largest absolute Gasteiger partial charge is 0.349 e. The fourth-order valence-electron chi connectivity index (χ4n) is 1.50.